The van der Waals surface area contributed by atoms with Crippen LogP contribution in [0.25, 0.3) is 0 Å². The molecule has 1 aromatic carbocycles. The van der Waals surface area contributed by atoms with Crippen molar-refractivity contribution in [2.24, 2.45) is 0 Å². The van der Waals surface area contributed by atoms with E-state index in [9.17, 15) is 14.3 Å². The zero-order valence-corrected chi connectivity index (χ0v) is 13.1. The Morgan fingerprint density at radius 1 is 1.38 bits per heavy atom. The first kappa shape index (κ1) is 15.8. The van der Waals surface area contributed by atoms with Crippen LogP contribution in [0.5, 0.6) is 0 Å². The molecule has 1 N–H and O–H groups in total. The van der Waals surface area contributed by atoms with Gasteiger partial charge in [-0.05, 0) is 43.2 Å². The van der Waals surface area contributed by atoms with Crippen LogP contribution in [0.4, 0.5) is 4.39 Å². The number of thioether (sulfide) groups is 1. The highest BCUT2D eigenvalue weighted by molar-refractivity contribution is 7.98. The van der Waals surface area contributed by atoms with Crippen LogP contribution in [0.15, 0.2) is 29.3 Å². The average molecular weight is 326 g/mol. The van der Waals surface area contributed by atoms with Crippen molar-refractivity contribution in [3.05, 3.63) is 57.5 Å². The van der Waals surface area contributed by atoms with Crippen molar-refractivity contribution in [3.63, 3.8) is 0 Å². The van der Waals surface area contributed by atoms with Crippen LogP contribution in [0, 0.1) is 19.7 Å². The maximum Gasteiger partial charge on any atom is 0.338 e. The van der Waals surface area contributed by atoms with Crippen molar-refractivity contribution >= 4 is 29.3 Å². The predicted molar refractivity (Wildman–Crippen MR) is 81.6 cm³/mol. The van der Waals surface area contributed by atoms with E-state index >= 15 is 0 Å². The molecule has 21 heavy (non-hydrogen) atoms. The number of hydrogen-bond donors (Lipinski definition) is 1. The fourth-order valence-corrected chi connectivity index (χ4v) is 3.41. The van der Waals surface area contributed by atoms with Gasteiger partial charge in [0.05, 0.1) is 5.56 Å². The molecule has 0 atom stereocenters. The lowest BCUT2D eigenvalue weighted by atomic mass is 10.1. The van der Waals surface area contributed by atoms with E-state index in [4.69, 9.17) is 11.6 Å². The summed E-state index contributed by atoms with van der Waals surface area (Å²) in [6, 6.07) is 5.89. The first-order valence-corrected chi connectivity index (χ1v) is 7.53. The molecule has 3 nitrogen and oxygen atoms in total. The Morgan fingerprint density at radius 2 is 2.10 bits per heavy atom. The lowest BCUT2D eigenvalue weighted by Crippen LogP contribution is -2.05. The number of aromatic nitrogens is 1. The van der Waals surface area contributed by atoms with Crippen molar-refractivity contribution in [1.29, 1.82) is 0 Å². The summed E-state index contributed by atoms with van der Waals surface area (Å²) in [5.74, 6) is -0.979. The van der Waals surface area contributed by atoms with Gasteiger partial charge in [-0.2, -0.15) is 0 Å². The molecule has 2 aromatic rings. The largest absolute Gasteiger partial charge is 0.478 e. The third-order valence-electron chi connectivity index (χ3n) is 2.90. The minimum absolute atomic E-state index is 0.198. The second-order valence-electron chi connectivity index (χ2n) is 4.59. The number of hydrogen-bond acceptors (Lipinski definition) is 3. The standard InChI is InChI=1S/C15H13ClFNO2S/c1-8-5-9(2)18-14(13(8)15(19)20)21-7-10-3-4-11(17)6-12(10)16/h3-6H,7H2,1-2H3,(H,19,20). The van der Waals surface area contributed by atoms with Crippen molar-refractivity contribution < 1.29 is 14.3 Å². The fourth-order valence-electron chi connectivity index (χ4n) is 1.95. The van der Waals surface area contributed by atoms with Gasteiger partial charge in [-0.25, -0.2) is 14.2 Å². The molecule has 2 rings (SSSR count). The number of halogens is 2. The first-order valence-electron chi connectivity index (χ1n) is 6.16. The average Bonchev–Trinajstić information content (AvgIpc) is 2.36. The number of carboxylic acid groups (broad SMARTS) is 1. The van der Waals surface area contributed by atoms with Gasteiger partial charge < -0.3 is 5.11 Å². The predicted octanol–water partition coefficient (Wildman–Crippen LogP) is 4.48. The van der Waals surface area contributed by atoms with Crippen molar-refractivity contribution in [1.82, 2.24) is 4.98 Å². The first-order chi connectivity index (χ1) is 9.88. The summed E-state index contributed by atoms with van der Waals surface area (Å²) in [7, 11) is 0. The third-order valence-corrected chi connectivity index (χ3v) is 4.28. The molecule has 0 bridgehead atoms. The number of pyridine rings is 1. The van der Waals surface area contributed by atoms with E-state index in [1.165, 1.54) is 23.9 Å². The molecule has 0 saturated carbocycles. The van der Waals surface area contributed by atoms with Gasteiger partial charge in [-0.3, -0.25) is 0 Å². The summed E-state index contributed by atoms with van der Waals surface area (Å²) in [4.78, 5) is 15.6. The van der Waals surface area contributed by atoms with Crippen molar-refractivity contribution in [3.8, 4) is 0 Å². The summed E-state index contributed by atoms with van der Waals surface area (Å²) in [6.45, 7) is 3.56. The molecule has 110 valence electrons. The summed E-state index contributed by atoms with van der Waals surface area (Å²) in [5, 5.41) is 10.1. The van der Waals surface area contributed by atoms with Crippen LogP contribution >= 0.6 is 23.4 Å². The smallest absolute Gasteiger partial charge is 0.338 e. The molecule has 1 aromatic heterocycles. The second-order valence-corrected chi connectivity index (χ2v) is 5.96. The minimum atomic E-state index is -1.01. The summed E-state index contributed by atoms with van der Waals surface area (Å²) in [5.41, 5.74) is 2.36. The van der Waals surface area contributed by atoms with Gasteiger partial charge in [0.2, 0.25) is 0 Å². The van der Waals surface area contributed by atoms with E-state index in [0.717, 1.165) is 11.3 Å². The van der Waals surface area contributed by atoms with Crippen LogP contribution in [0.1, 0.15) is 27.2 Å². The minimum Gasteiger partial charge on any atom is -0.478 e. The molecule has 0 saturated heterocycles. The highest BCUT2D eigenvalue weighted by atomic mass is 35.5. The van der Waals surface area contributed by atoms with E-state index < -0.39 is 11.8 Å². The van der Waals surface area contributed by atoms with Gasteiger partial charge in [0.25, 0.3) is 0 Å². The summed E-state index contributed by atoms with van der Waals surface area (Å²) in [6.07, 6.45) is 0. The molecule has 0 aliphatic heterocycles. The Morgan fingerprint density at radius 3 is 2.71 bits per heavy atom. The molecule has 0 spiro atoms. The molecule has 0 unspecified atom stereocenters. The Balaban J connectivity index is 2.29. The molecule has 1 heterocycles. The normalized spacial score (nSPS) is 10.7. The number of aryl methyl sites for hydroxylation is 2. The summed E-state index contributed by atoms with van der Waals surface area (Å²) < 4.78 is 13.0. The fraction of sp³-hybridized carbons (Fsp3) is 0.200. The molecule has 0 aliphatic rings. The number of aromatic carboxylic acids is 1. The van der Waals surface area contributed by atoms with Gasteiger partial charge in [-0.1, -0.05) is 17.7 Å². The molecular formula is C15H13ClFNO2S. The second kappa shape index (κ2) is 6.45. The number of nitrogens with zero attached hydrogens (tertiary/aromatic N) is 1. The van der Waals surface area contributed by atoms with Crippen LogP contribution in [0.3, 0.4) is 0 Å². The monoisotopic (exact) mass is 325 g/mol. The third kappa shape index (κ3) is 3.74. The molecule has 0 amide bonds. The van der Waals surface area contributed by atoms with Crippen molar-refractivity contribution in [2.75, 3.05) is 0 Å². The van der Waals surface area contributed by atoms with Gasteiger partial charge in [0.1, 0.15) is 10.8 Å². The highest BCUT2D eigenvalue weighted by Gasteiger charge is 2.16. The highest BCUT2D eigenvalue weighted by Crippen LogP contribution is 2.30. The van der Waals surface area contributed by atoms with E-state index in [1.54, 1.807) is 19.1 Å². The van der Waals surface area contributed by atoms with Gasteiger partial charge in [0, 0.05) is 16.5 Å². The van der Waals surface area contributed by atoms with Gasteiger partial charge in [0.15, 0.2) is 0 Å². The Labute approximate surface area is 131 Å². The quantitative estimate of drug-likeness (QED) is 0.842. The maximum atomic E-state index is 13.0. The zero-order chi connectivity index (χ0) is 15.6. The van der Waals surface area contributed by atoms with Crippen LogP contribution < -0.4 is 0 Å². The summed E-state index contributed by atoms with van der Waals surface area (Å²) >= 11 is 7.25. The van der Waals surface area contributed by atoms with E-state index in [0.29, 0.717) is 21.4 Å². The number of benzene rings is 1. The van der Waals surface area contributed by atoms with Crippen LogP contribution in [-0.2, 0) is 5.75 Å². The Kier molecular flexibility index (Phi) is 4.85. The van der Waals surface area contributed by atoms with Crippen molar-refractivity contribution in [2.45, 2.75) is 24.6 Å². The van der Waals surface area contributed by atoms with E-state index in [-0.39, 0.29) is 5.56 Å². The van der Waals surface area contributed by atoms with Gasteiger partial charge in [-0.15, -0.1) is 11.8 Å². The molecule has 6 heteroatoms. The van der Waals surface area contributed by atoms with E-state index in [2.05, 4.69) is 4.98 Å². The topological polar surface area (TPSA) is 50.2 Å². The van der Waals surface area contributed by atoms with Gasteiger partial charge >= 0.3 is 5.97 Å². The molecular weight excluding hydrogens is 313 g/mol. The number of rotatable bonds is 4. The molecule has 0 radical (unpaired) electrons. The van der Waals surface area contributed by atoms with Crippen LogP contribution in [-0.4, -0.2) is 16.1 Å². The number of carboxylic acids is 1. The maximum absolute atomic E-state index is 13.0. The molecule has 0 fully saturated rings. The number of carbonyl (C=O) groups is 1. The lowest BCUT2D eigenvalue weighted by Gasteiger charge is -2.10. The van der Waals surface area contributed by atoms with E-state index in [1.807, 2.05) is 6.92 Å². The Bertz CT molecular complexity index is 706. The SMILES string of the molecule is Cc1cc(C)c(C(=O)O)c(SCc2ccc(F)cc2Cl)n1. The zero-order valence-electron chi connectivity index (χ0n) is 11.5. The molecule has 0 aliphatic carbocycles. The lowest BCUT2D eigenvalue weighted by molar-refractivity contribution is 0.0691. The van der Waals surface area contributed by atoms with Crippen LogP contribution in [0.2, 0.25) is 5.02 Å². The Hall–Kier alpha value is -1.59.